The Labute approximate surface area is 201 Å². The first-order valence-electron chi connectivity index (χ1n) is 10.9. The van der Waals surface area contributed by atoms with Crippen molar-refractivity contribution in [1.82, 2.24) is 16.0 Å². The van der Waals surface area contributed by atoms with Crippen LogP contribution in [0, 0.1) is 5.92 Å². The molecule has 5 amide bonds. The van der Waals surface area contributed by atoms with Crippen LogP contribution in [0.4, 0.5) is 0 Å². The van der Waals surface area contributed by atoms with Crippen molar-refractivity contribution in [1.29, 1.82) is 0 Å². The first-order chi connectivity index (χ1) is 16.2. The highest BCUT2D eigenvalue weighted by Gasteiger charge is 2.32. The molecule has 5 unspecified atom stereocenters. The van der Waals surface area contributed by atoms with Crippen molar-refractivity contribution in [3.63, 3.8) is 0 Å². The van der Waals surface area contributed by atoms with E-state index in [9.17, 15) is 38.7 Å². The molecule has 0 aromatic rings. The summed E-state index contributed by atoms with van der Waals surface area (Å²) in [4.78, 5) is 82.5. The standard InChI is InChI=1S/C20H34N6O9/c1-3-9(2)16(23)19(33)24-10(4-6-13(21)27)17(31)26-12(8-15(29)30)18(32)25-11(20(34)35)5-7-14(22)28/h9-12,16H,3-8,23H2,1-2H3,(H2,21,27)(H2,22,28)(H,24,33)(H,25,32)(H,26,31)(H,29,30)(H,34,35). The molecule has 0 spiro atoms. The molecule has 0 fully saturated rings. The van der Waals surface area contributed by atoms with Gasteiger partial charge in [-0.3, -0.25) is 28.8 Å². The van der Waals surface area contributed by atoms with E-state index in [0.717, 1.165) is 0 Å². The van der Waals surface area contributed by atoms with Gasteiger partial charge in [0.25, 0.3) is 0 Å². The van der Waals surface area contributed by atoms with Crippen molar-refractivity contribution in [3.05, 3.63) is 0 Å². The van der Waals surface area contributed by atoms with E-state index in [2.05, 4.69) is 10.6 Å². The summed E-state index contributed by atoms with van der Waals surface area (Å²) >= 11 is 0. The molecule has 0 aromatic carbocycles. The summed E-state index contributed by atoms with van der Waals surface area (Å²) in [6.07, 6.45) is -1.69. The van der Waals surface area contributed by atoms with E-state index < -0.39 is 72.1 Å². The predicted octanol–water partition coefficient (Wildman–Crippen LogP) is -3.10. The fourth-order valence-corrected chi connectivity index (χ4v) is 2.81. The predicted molar refractivity (Wildman–Crippen MR) is 120 cm³/mol. The van der Waals surface area contributed by atoms with E-state index >= 15 is 0 Å². The molecule has 15 nitrogen and oxygen atoms in total. The van der Waals surface area contributed by atoms with Crippen LogP contribution in [0.2, 0.25) is 0 Å². The monoisotopic (exact) mass is 502 g/mol. The zero-order valence-corrected chi connectivity index (χ0v) is 19.6. The van der Waals surface area contributed by atoms with Crippen LogP contribution in [-0.4, -0.2) is 75.9 Å². The highest BCUT2D eigenvalue weighted by Crippen LogP contribution is 2.08. The lowest BCUT2D eigenvalue weighted by atomic mass is 9.98. The van der Waals surface area contributed by atoms with Gasteiger partial charge in [-0.2, -0.15) is 0 Å². The number of rotatable bonds is 17. The fraction of sp³-hybridized carbons (Fsp3) is 0.650. The lowest BCUT2D eigenvalue weighted by molar-refractivity contribution is -0.143. The number of aliphatic carboxylic acids is 2. The Hall–Kier alpha value is -3.75. The van der Waals surface area contributed by atoms with Crippen molar-refractivity contribution in [3.8, 4) is 0 Å². The van der Waals surface area contributed by atoms with Crippen molar-refractivity contribution in [2.24, 2.45) is 23.1 Å². The molecule has 15 heteroatoms. The molecule has 0 aliphatic carbocycles. The van der Waals surface area contributed by atoms with E-state index in [1.165, 1.54) is 0 Å². The Morgan fingerprint density at radius 3 is 1.60 bits per heavy atom. The minimum absolute atomic E-state index is 0.242. The van der Waals surface area contributed by atoms with Crippen molar-refractivity contribution in [2.45, 2.75) is 76.5 Å². The van der Waals surface area contributed by atoms with Gasteiger partial charge in [-0.15, -0.1) is 0 Å². The van der Waals surface area contributed by atoms with Crippen molar-refractivity contribution < 1.29 is 43.8 Å². The summed E-state index contributed by atoms with van der Waals surface area (Å²) in [6.45, 7) is 3.52. The van der Waals surface area contributed by atoms with E-state index in [1.807, 2.05) is 5.32 Å². The average Bonchev–Trinajstić information content (AvgIpc) is 2.76. The fourth-order valence-electron chi connectivity index (χ4n) is 2.81. The summed E-state index contributed by atoms with van der Waals surface area (Å²) in [5, 5.41) is 24.9. The first kappa shape index (κ1) is 31.2. The van der Waals surface area contributed by atoms with Crippen molar-refractivity contribution >= 4 is 41.5 Å². The first-order valence-corrected chi connectivity index (χ1v) is 10.9. The molecule has 5 atom stereocenters. The quantitative estimate of drug-likeness (QED) is 0.0991. The number of carboxylic acids is 2. The molecule has 0 bridgehead atoms. The van der Waals surface area contributed by atoms with Gasteiger partial charge >= 0.3 is 11.9 Å². The zero-order valence-electron chi connectivity index (χ0n) is 19.6. The van der Waals surface area contributed by atoms with Crippen LogP contribution in [0.3, 0.4) is 0 Å². The molecule has 0 heterocycles. The molecule has 11 N–H and O–H groups in total. The van der Waals surface area contributed by atoms with Gasteiger partial charge in [0.15, 0.2) is 0 Å². The molecular weight excluding hydrogens is 468 g/mol. The number of carbonyl (C=O) groups is 7. The van der Waals surface area contributed by atoms with E-state index in [4.69, 9.17) is 22.3 Å². The van der Waals surface area contributed by atoms with Crippen LogP contribution in [0.25, 0.3) is 0 Å². The summed E-state index contributed by atoms with van der Waals surface area (Å²) in [7, 11) is 0. The Morgan fingerprint density at radius 2 is 1.17 bits per heavy atom. The summed E-state index contributed by atoms with van der Waals surface area (Å²) in [5.41, 5.74) is 15.9. The summed E-state index contributed by atoms with van der Waals surface area (Å²) in [5.74, 6) is -7.72. The largest absolute Gasteiger partial charge is 0.481 e. The average molecular weight is 503 g/mol. The van der Waals surface area contributed by atoms with Gasteiger partial charge in [0.2, 0.25) is 29.5 Å². The molecule has 198 valence electrons. The van der Waals surface area contributed by atoms with Gasteiger partial charge in [-0.25, -0.2) is 4.79 Å². The van der Waals surface area contributed by atoms with Gasteiger partial charge in [-0.05, 0) is 18.8 Å². The Morgan fingerprint density at radius 1 is 0.743 bits per heavy atom. The minimum atomic E-state index is -1.74. The third-order valence-electron chi connectivity index (χ3n) is 5.18. The van der Waals surface area contributed by atoms with Crippen LogP contribution in [0.1, 0.15) is 52.4 Å². The maximum absolute atomic E-state index is 12.8. The number of amides is 5. The molecule has 35 heavy (non-hydrogen) atoms. The lowest BCUT2D eigenvalue weighted by Crippen LogP contribution is -2.58. The van der Waals surface area contributed by atoms with Gasteiger partial charge in [0.1, 0.15) is 18.1 Å². The van der Waals surface area contributed by atoms with E-state index in [0.29, 0.717) is 6.42 Å². The number of nitrogens with one attached hydrogen (secondary N) is 3. The molecule has 0 aliphatic rings. The molecule has 0 aromatic heterocycles. The van der Waals surface area contributed by atoms with Crippen LogP contribution in [-0.2, 0) is 33.6 Å². The maximum atomic E-state index is 12.8. The number of carboxylic acid groups (broad SMARTS) is 2. The van der Waals surface area contributed by atoms with Crippen LogP contribution in [0.15, 0.2) is 0 Å². The Bertz CT molecular complexity index is 819. The second-order valence-corrected chi connectivity index (χ2v) is 8.04. The summed E-state index contributed by atoms with van der Waals surface area (Å²) < 4.78 is 0. The van der Waals surface area contributed by atoms with Gasteiger partial charge in [-0.1, -0.05) is 20.3 Å². The van der Waals surface area contributed by atoms with Gasteiger partial charge < -0.3 is 43.4 Å². The normalized spacial score (nSPS) is 14.9. The molecule has 0 radical (unpaired) electrons. The Balaban J connectivity index is 5.63. The van der Waals surface area contributed by atoms with Gasteiger partial charge in [0, 0.05) is 12.8 Å². The highest BCUT2D eigenvalue weighted by atomic mass is 16.4. The topological polar surface area (TPSA) is 274 Å². The zero-order chi connectivity index (χ0) is 27.3. The third kappa shape index (κ3) is 12.3. The Kier molecular flexibility index (Phi) is 13.6. The van der Waals surface area contributed by atoms with Crippen LogP contribution in [0.5, 0.6) is 0 Å². The van der Waals surface area contributed by atoms with E-state index in [-0.39, 0.29) is 31.6 Å². The lowest BCUT2D eigenvalue weighted by Gasteiger charge is -2.25. The van der Waals surface area contributed by atoms with Gasteiger partial charge in [0.05, 0.1) is 12.5 Å². The highest BCUT2D eigenvalue weighted by molar-refractivity contribution is 5.96. The number of carbonyl (C=O) groups excluding carboxylic acids is 5. The van der Waals surface area contributed by atoms with Crippen LogP contribution < -0.4 is 33.2 Å². The number of primary amides is 2. The second kappa shape index (κ2) is 15.2. The van der Waals surface area contributed by atoms with Crippen LogP contribution >= 0.6 is 0 Å². The molecule has 0 rings (SSSR count). The third-order valence-corrected chi connectivity index (χ3v) is 5.18. The second-order valence-electron chi connectivity index (χ2n) is 8.04. The SMILES string of the molecule is CCC(C)C(N)C(=O)NC(CCC(N)=O)C(=O)NC(CC(=O)O)C(=O)NC(CCC(N)=O)C(=O)O. The number of hydrogen-bond acceptors (Lipinski definition) is 8. The maximum Gasteiger partial charge on any atom is 0.326 e. The molecule has 0 saturated carbocycles. The molecule has 0 saturated heterocycles. The van der Waals surface area contributed by atoms with E-state index in [1.54, 1.807) is 13.8 Å². The summed E-state index contributed by atoms with van der Waals surface area (Å²) in [6, 6.07) is -5.70. The van der Waals surface area contributed by atoms with Crippen molar-refractivity contribution in [2.75, 3.05) is 0 Å². The minimum Gasteiger partial charge on any atom is -0.481 e. The number of nitrogens with two attached hydrogens (primary N) is 3. The smallest absolute Gasteiger partial charge is 0.326 e. The number of hydrogen-bond donors (Lipinski definition) is 8. The molecular formula is C20H34N6O9. The molecule has 0 aliphatic heterocycles.